The van der Waals surface area contributed by atoms with Crippen LogP contribution in [0.15, 0.2) is 0 Å². The molecule has 134 valence electrons. The van der Waals surface area contributed by atoms with E-state index >= 15 is 0 Å². The summed E-state index contributed by atoms with van der Waals surface area (Å²) in [7, 11) is 0. The average molecular weight is 364 g/mol. The molecule has 0 rings (SSSR count). The van der Waals surface area contributed by atoms with Gasteiger partial charge in [-0.15, -0.1) is 0 Å². The Morgan fingerprint density at radius 2 is 0.682 bits per heavy atom. The van der Waals surface area contributed by atoms with Gasteiger partial charge in [-0.2, -0.15) is 0 Å². The number of aliphatic carboxylic acids is 4. The second-order valence-electron chi connectivity index (χ2n) is 2.65. The van der Waals surface area contributed by atoms with Crippen molar-refractivity contribution in [3.8, 4) is 0 Å². The number of carboxylic acid groups (broad SMARTS) is 4. The number of carboxylic acids is 4. The summed E-state index contributed by atoms with van der Waals surface area (Å²) in [5.41, 5.74) is 9.81. The Hall–Kier alpha value is -1.49. The fraction of sp³-hybridized carbons (Fsp3) is 0.636. The summed E-state index contributed by atoms with van der Waals surface area (Å²) in [4.78, 5) is 36.0. The number of nitrogens with two attached hydrogens (primary N) is 2. The Morgan fingerprint density at radius 1 is 0.636 bits per heavy atom. The number of hydrogen-bond acceptors (Lipinski definition) is 6. The van der Waals surface area contributed by atoms with Crippen LogP contribution in [0.5, 0.6) is 0 Å². The van der Waals surface area contributed by atoms with Crippen molar-refractivity contribution in [2.24, 2.45) is 11.5 Å². The number of carbonyl (C=O) groups is 4. The molecule has 0 fully saturated rings. The zero-order valence-electron chi connectivity index (χ0n) is 12.5. The van der Waals surface area contributed by atoms with Gasteiger partial charge in [-0.1, -0.05) is 7.43 Å². The molecule has 0 aliphatic rings. The second-order valence-corrected chi connectivity index (χ2v) is 2.65. The zero-order chi connectivity index (χ0) is 17.7. The van der Waals surface area contributed by atoms with Crippen LogP contribution >= 0.6 is 0 Å². The second kappa shape index (κ2) is 42.7. The van der Waals surface area contributed by atoms with Crippen molar-refractivity contribution < 1.29 is 61.3 Å². The molecule has 22 heavy (non-hydrogen) atoms. The first-order valence-corrected chi connectivity index (χ1v) is 5.03. The summed E-state index contributed by atoms with van der Waals surface area (Å²) in [5.74, 6) is -3.33. The maximum Gasteiger partial charge on any atom is 0.300 e. The van der Waals surface area contributed by atoms with Gasteiger partial charge in [0, 0.05) is 62.5 Å². The molecule has 10 nitrogen and oxygen atoms in total. The van der Waals surface area contributed by atoms with E-state index in [2.05, 4.69) is 0 Å². The molecule has 0 heterocycles. The van der Waals surface area contributed by atoms with Crippen LogP contribution in [-0.2, 0) is 40.9 Å². The maximum absolute atomic E-state index is 9.00. The van der Waals surface area contributed by atoms with E-state index in [0.717, 1.165) is 27.7 Å². The fourth-order valence-corrected chi connectivity index (χ4v) is 0. The van der Waals surface area contributed by atoms with Gasteiger partial charge < -0.3 is 31.9 Å². The van der Waals surface area contributed by atoms with Crippen LogP contribution in [0.3, 0.4) is 0 Å². The monoisotopic (exact) mass is 364 g/mol. The van der Waals surface area contributed by atoms with Gasteiger partial charge in [0.05, 0.1) is 0 Å². The Labute approximate surface area is 145 Å². The molecule has 0 unspecified atom stereocenters. The molecule has 0 saturated carbocycles. The van der Waals surface area contributed by atoms with Gasteiger partial charge in [0.1, 0.15) is 0 Å². The van der Waals surface area contributed by atoms with Crippen LogP contribution in [0.1, 0.15) is 35.1 Å². The van der Waals surface area contributed by atoms with E-state index in [4.69, 9.17) is 51.1 Å². The van der Waals surface area contributed by atoms with Crippen molar-refractivity contribution >= 4 is 23.9 Å². The van der Waals surface area contributed by atoms with Crippen molar-refractivity contribution in [2.75, 3.05) is 13.1 Å². The Bertz CT molecular complexity index is 196. The number of rotatable bonds is 1. The van der Waals surface area contributed by atoms with Crippen LogP contribution in [0.4, 0.5) is 0 Å². The van der Waals surface area contributed by atoms with Gasteiger partial charge >= 0.3 is 0 Å². The molecule has 8 N–H and O–H groups in total. The van der Waals surface area contributed by atoms with E-state index in [1.165, 1.54) is 0 Å². The summed E-state index contributed by atoms with van der Waals surface area (Å²) >= 11 is 0. The molecule has 0 aromatic rings. The molecule has 0 amide bonds. The number of hydrogen-bond donors (Lipinski definition) is 6. The molecule has 0 aromatic carbocycles. The van der Waals surface area contributed by atoms with Crippen molar-refractivity contribution in [3.05, 3.63) is 0 Å². The third-order valence-corrected chi connectivity index (χ3v) is 0.167. The predicted molar refractivity (Wildman–Crippen MR) is 78.1 cm³/mol. The molecule has 0 bridgehead atoms. The fourth-order valence-electron chi connectivity index (χ4n) is 0. The topological polar surface area (TPSA) is 201 Å². The van der Waals surface area contributed by atoms with Crippen molar-refractivity contribution in [1.82, 2.24) is 0 Å². The third-order valence-electron chi connectivity index (χ3n) is 0.167. The molecule has 0 aliphatic heterocycles. The molecular formula is C11H28N2O8Ti. The smallest absolute Gasteiger partial charge is 0.300 e. The van der Waals surface area contributed by atoms with E-state index in [-0.39, 0.29) is 29.1 Å². The Kier molecular flexibility index (Phi) is 83.0. The molecule has 0 radical (unpaired) electrons. The average Bonchev–Trinajstić information content (AvgIpc) is 2.13. The summed E-state index contributed by atoms with van der Waals surface area (Å²) in [6.07, 6.45) is 0. The van der Waals surface area contributed by atoms with Crippen LogP contribution in [0, 0.1) is 0 Å². The normalized spacial score (nSPS) is 5.91. The molecule has 0 aliphatic carbocycles. The van der Waals surface area contributed by atoms with Crippen LogP contribution in [-0.4, -0.2) is 57.4 Å². The standard InChI is InChI=1S/C2H8N2.4C2H4O2.CH4.Ti/c3-1-2-4;4*1-2(3)4;;/h1-4H2;4*1H3,(H,3,4);1H4;. The van der Waals surface area contributed by atoms with Crippen molar-refractivity contribution in [2.45, 2.75) is 35.1 Å². The maximum atomic E-state index is 9.00. The van der Waals surface area contributed by atoms with E-state index in [0.29, 0.717) is 13.1 Å². The molecule has 11 heteroatoms. The summed E-state index contributed by atoms with van der Waals surface area (Å²) in [5, 5.41) is 29.7. The molecule has 0 atom stereocenters. The van der Waals surface area contributed by atoms with Gasteiger partial charge in [-0.05, 0) is 0 Å². The van der Waals surface area contributed by atoms with E-state index in [9.17, 15) is 0 Å². The minimum atomic E-state index is -0.833. The van der Waals surface area contributed by atoms with E-state index in [1.807, 2.05) is 0 Å². The Balaban J connectivity index is -0.0000000250. The van der Waals surface area contributed by atoms with Gasteiger partial charge in [0.25, 0.3) is 23.9 Å². The molecule has 0 aromatic heterocycles. The van der Waals surface area contributed by atoms with Gasteiger partial charge in [0.2, 0.25) is 0 Å². The minimum absolute atomic E-state index is 0. The zero-order valence-corrected chi connectivity index (χ0v) is 14.1. The van der Waals surface area contributed by atoms with Crippen LogP contribution in [0.2, 0.25) is 0 Å². The van der Waals surface area contributed by atoms with Crippen molar-refractivity contribution in [1.29, 1.82) is 0 Å². The first-order valence-electron chi connectivity index (χ1n) is 5.03. The first kappa shape index (κ1) is 42.8. The van der Waals surface area contributed by atoms with Gasteiger partial charge in [-0.25, -0.2) is 0 Å². The van der Waals surface area contributed by atoms with E-state index < -0.39 is 23.9 Å². The molecule has 0 spiro atoms. The summed E-state index contributed by atoms with van der Waals surface area (Å²) in [6, 6.07) is 0. The minimum Gasteiger partial charge on any atom is -0.481 e. The van der Waals surface area contributed by atoms with Crippen LogP contribution in [0.25, 0.3) is 0 Å². The van der Waals surface area contributed by atoms with Gasteiger partial charge in [-0.3, -0.25) is 19.2 Å². The van der Waals surface area contributed by atoms with Crippen LogP contribution < -0.4 is 11.5 Å². The van der Waals surface area contributed by atoms with Crippen molar-refractivity contribution in [3.63, 3.8) is 0 Å². The summed E-state index contributed by atoms with van der Waals surface area (Å²) in [6.45, 7) is 5.53. The summed E-state index contributed by atoms with van der Waals surface area (Å²) < 4.78 is 0. The molecule has 0 saturated heterocycles. The molecular weight excluding hydrogens is 336 g/mol. The first-order chi connectivity index (χ1) is 8.84. The van der Waals surface area contributed by atoms with E-state index in [1.54, 1.807) is 0 Å². The SMILES string of the molecule is C.CC(=O)O.CC(=O)O.CC(=O)O.CC(=O)O.NCCN.[Ti]. The predicted octanol–water partition coefficient (Wildman–Crippen LogP) is -0.0990. The third kappa shape index (κ3) is 24100. The Morgan fingerprint density at radius 3 is 0.682 bits per heavy atom. The largest absolute Gasteiger partial charge is 0.481 e. The van der Waals surface area contributed by atoms with Gasteiger partial charge in [0.15, 0.2) is 0 Å². The quantitative estimate of drug-likeness (QED) is 0.341.